The predicted octanol–water partition coefficient (Wildman–Crippen LogP) is 5.08. The lowest BCUT2D eigenvalue weighted by Gasteiger charge is -2.45. The van der Waals surface area contributed by atoms with Crippen LogP contribution in [0.5, 0.6) is 0 Å². The lowest BCUT2D eigenvalue weighted by atomic mass is 10.2. The van der Waals surface area contributed by atoms with E-state index in [2.05, 4.69) is 100 Å². The molecule has 0 aliphatic carbocycles. The van der Waals surface area contributed by atoms with E-state index in [0.717, 1.165) is 11.3 Å². The normalized spacial score (nSPS) is 11.9. The molecular weight excluding hydrogens is 358 g/mol. The van der Waals surface area contributed by atoms with Crippen LogP contribution < -0.4 is 10.4 Å². The summed E-state index contributed by atoms with van der Waals surface area (Å²) in [5.74, 6) is 0. The van der Waals surface area contributed by atoms with Crippen molar-refractivity contribution >= 4 is 24.4 Å². The molecule has 0 unspecified atom stereocenters. The first kappa shape index (κ1) is 20.1. The van der Waals surface area contributed by atoms with E-state index in [1.807, 2.05) is 30.3 Å². The number of hydroxylamine groups is 2. The van der Waals surface area contributed by atoms with Crippen molar-refractivity contribution in [3.8, 4) is 0 Å². The van der Waals surface area contributed by atoms with Gasteiger partial charge in [-0.3, -0.25) is 5.06 Å². The summed E-state index contributed by atoms with van der Waals surface area (Å²) in [6.45, 7) is 11.1. The molecule has 28 heavy (non-hydrogen) atoms. The van der Waals surface area contributed by atoms with Crippen LogP contribution in [-0.4, -0.2) is 20.4 Å². The minimum absolute atomic E-state index is 0.0824. The Morgan fingerprint density at radius 2 is 1.14 bits per heavy atom. The van der Waals surface area contributed by atoms with Crippen molar-refractivity contribution in [2.24, 2.45) is 0 Å². The minimum Gasteiger partial charge on any atom is -0.308 e. The van der Waals surface area contributed by atoms with Crippen LogP contribution in [-0.2, 0) is 4.53 Å². The highest BCUT2D eigenvalue weighted by atomic mass is 28.4. The molecule has 2 nitrogen and oxygen atoms in total. The lowest BCUT2D eigenvalue weighted by Crippen LogP contribution is -2.68. The molecule has 0 atom stereocenters. The molecular formula is C25H29NOSi. The van der Waals surface area contributed by atoms with Crippen molar-refractivity contribution < 1.29 is 4.53 Å². The van der Waals surface area contributed by atoms with Gasteiger partial charge in [0.1, 0.15) is 0 Å². The van der Waals surface area contributed by atoms with Gasteiger partial charge in [0.25, 0.3) is 8.32 Å². The number of nitrogens with zero attached hydrogens (tertiary/aromatic N) is 1. The zero-order valence-electron chi connectivity index (χ0n) is 17.2. The van der Waals surface area contributed by atoms with Gasteiger partial charge in [0.05, 0.1) is 5.70 Å². The summed E-state index contributed by atoms with van der Waals surface area (Å²) in [7, 11) is -0.676. The topological polar surface area (TPSA) is 12.5 Å². The van der Waals surface area contributed by atoms with Crippen molar-refractivity contribution in [2.75, 3.05) is 7.05 Å². The molecule has 0 bridgehead atoms. The van der Waals surface area contributed by atoms with Gasteiger partial charge in [0, 0.05) is 7.05 Å². The Morgan fingerprint density at radius 3 is 1.54 bits per heavy atom. The van der Waals surface area contributed by atoms with Gasteiger partial charge in [-0.15, -0.1) is 0 Å². The Morgan fingerprint density at radius 1 is 0.750 bits per heavy atom. The maximum Gasteiger partial charge on any atom is 0.296 e. The Balaban J connectivity index is 2.12. The molecule has 3 heteroatoms. The monoisotopic (exact) mass is 387 g/mol. The van der Waals surface area contributed by atoms with Gasteiger partial charge < -0.3 is 4.53 Å². The largest absolute Gasteiger partial charge is 0.308 e. The molecule has 0 fully saturated rings. The third-order valence-electron chi connectivity index (χ3n) is 5.18. The molecule has 0 N–H and O–H groups in total. The summed E-state index contributed by atoms with van der Waals surface area (Å²) in [6.07, 6.45) is 0. The number of hydrogen-bond acceptors (Lipinski definition) is 2. The maximum absolute atomic E-state index is 6.96. The number of hydrogen-bond donors (Lipinski definition) is 0. The van der Waals surface area contributed by atoms with Gasteiger partial charge in [-0.2, -0.15) is 0 Å². The second-order valence-electron chi connectivity index (χ2n) is 8.06. The molecule has 3 rings (SSSR count). The second-order valence-corrected chi connectivity index (χ2v) is 12.3. The average molecular weight is 388 g/mol. The highest BCUT2D eigenvalue weighted by Crippen LogP contribution is 2.38. The first-order valence-electron chi connectivity index (χ1n) is 9.64. The summed E-state index contributed by atoms with van der Waals surface area (Å²) in [5.41, 5.74) is 1.91. The van der Waals surface area contributed by atoms with Crippen LogP contribution in [0.1, 0.15) is 26.3 Å². The van der Waals surface area contributed by atoms with E-state index in [4.69, 9.17) is 4.53 Å². The van der Waals surface area contributed by atoms with E-state index in [9.17, 15) is 0 Å². The van der Waals surface area contributed by atoms with Crippen LogP contribution in [0.2, 0.25) is 5.04 Å². The number of benzene rings is 3. The summed E-state index contributed by atoms with van der Waals surface area (Å²) in [5, 5.41) is 4.29. The molecule has 144 valence electrons. The van der Waals surface area contributed by atoms with E-state index in [0.29, 0.717) is 0 Å². The van der Waals surface area contributed by atoms with Crippen molar-refractivity contribution in [1.82, 2.24) is 5.06 Å². The smallest absolute Gasteiger partial charge is 0.296 e. The standard InChI is InChI=1S/C25H29NOSi/c1-21(22-15-9-6-10-16-22)26(5)27-28(25(2,3)4,23-17-11-7-12-18-23)24-19-13-8-14-20-24/h6-20H,1H2,2-5H3. The van der Waals surface area contributed by atoms with E-state index >= 15 is 0 Å². The fraction of sp³-hybridized carbons (Fsp3) is 0.200. The Hall–Kier alpha value is -2.62. The molecule has 0 amide bonds. The van der Waals surface area contributed by atoms with Crippen molar-refractivity contribution in [3.63, 3.8) is 0 Å². The molecule has 0 saturated heterocycles. The van der Waals surface area contributed by atoms with Gasteiger partial charge in [-0.25, -0.2) is 0 Å². The maximum atomic E-state index is 6.96. The third kappa shape index (κ3) is 3.82. The minimum atomic E-state index is -2.64. The first-order valence-corrected chi connectivity index (χ1v) is 11.6. The molecule has 3 aromatic carbocycles. The van der Waals surface area contributed by atoms with Gasteiger partial charge in [-0.1, -0.05) is 118 Å². The van der Waals surface area contributed by atoms with Crippen LogP contribution in [0.3, 0.4) is 0 Å². The molecule has 0 aliphatic heterocycles. The predicted molar refractivity (Wildman–Crippen MR) is 122 cm³/mol. The Labute approximate surface area is 170 Å². The van der Waals surface area contributed by atoms with E-state index in [1.165, 1.54) is 10.4 Å². The van der Waals surface area contributed by atoms with Crippen LogP contribution in [0.4, 0.5) is 0 Å². The number of rotatable bonds is 6. The van der Waals surface area contributed by atoms with Crippen LogP contribution in [0, 0.1) is 0 Å². The van der Waals surface area contributed by atoms with E-state index in [1.54, 1.807) is 0 Å². The molecule has 3 aromatic rings. The first-order chi connectivity index (χ1) is 13.4. The zero-order valence-corrected chi connectivity index (χ0v) is 18.2. The van der Waals surface area contributed by atoms with E-state index in [-0.39, 0.29) is 5.04 Å². The van der Waals surface area contributed by atoms with Crippen LogP contribution >= 0.6 is 0 Å². The van der Waals surface area contributed by atoms with Crippen molar-refractivity contribution in [2.45, 2.75) is 25.8 Å². The van der Waals surface area contributed by atoms with Crippen molar-refractivity contribution in [3.05, 3.63) is 103 Å². The van der Waals surface area contributed by atoms with Gasteiger partial charge in [0.15, 0.2) is 0 Å². The lowest BCUT2D eigenvalue weighted by molar-refractivity contribution is 0.0222. The van der Waals surface area contributed by atoms with Gasteiger partial charge in [0.2, 0.25) is 0 Å². The van der Waals surface area contributed by atoms with E-state index < -0.39 is 8.32 Å². The highest BCUT2D eigenvalue weighted by molar-refractivity contribution is 6.99. The fourth-order valence-electron chi connectivity index (χ4n) is 3.69. The highest BCUT2D eigenvalue weighted by Gasteiger charge is 2.52. The molecule has 0 heterocycles. The SMILES string of the molecule is C=C(c1ccccc1)N(C)O[Si](c1ccccc1)(c1ccccc1)C(C)(C)C. The molecule has 0 spiro atoms. The third-order valence-corrected chi connectivity index (χ3v) is 10.1. The Kier molecular flexibility index (Phi) is 5.87. The summed E-state index contributed by atoms with van der Waals surface area (Å²) >= 11 is 0. The summed E-state index contributed by atoms with van der Waals surface area (Å²) in [4.78, 5) is 0. The van der Waals surface area contributed by atoms with Gasteiger partial charge >= 0.3 is 0 Å². The zero-order chi connectivity index (χ0) is 20.2. The van der Waals surface area contributed by atoms with Crippen molar-refractivity contribution in [1.29, 1.82) is 0 Å². The molecule has 0 saturated carbocycles. The second kappa shape index (κ2) is 8.17. The molecule has 0 aromatic heterocycles. The summed E-state index contributed by atoms with van der Waals surface area (Å²) < 4.78 is 6.96. The van der Waals surface area contributed by atoms with Gasteiger partial charge in [-0.05, 0) is 21.0 Å². The molecule has 0 aliphatic rings. The summed E-state index contributed by atoms with van der Waals surface area (Å²) in [6, 6.07) is 31.5. The Bertz CT molecular complexity index is 862. The van der Waals surface area contributed by atoms with Crippen LogP contribution in [0.25, 0.3) is 5.70 Å². The molecule has 0 radical (unpaired) electrons. The average Bonchev–Trinajstić information content (AvgIpc) is 2.72. The van der Waals surface area contributed by atoms with Crippen LogP contribution in [0.15, 0.2) is 97.6 Å². The fourth-order valence-corrected chi connectivity index (χ4v) is 8.09. The quantitative estimate of drug-likeness (QED) is 0.432.